The van der Waals surface area contributed by atoms with Gasteiger partial charge in [0.2, 0.25) is 0 Å². The average Bonchev–Trinajstić information content (AvgIpc) is 2.77. The number of allylic oxidation sites excluding steroid dienone is 1. The highest BCUT2D eigenvalue weighted by atomic mass is 16.5. The molecule has 0 amide bonds. The van der Waals surface area contributed by atoms with Crippen LogP contribution < -0.4 is 4.74 Å². The van der Waals surface area contributed by atoms with Gasteiger partial charge in [0.15, 0.2) is 0 Å². The van der Waals surface area contributed by atoms with Crippen molar-refractivity contribution in [3.05, 3.63) is 65.7 Å². The molecule has 0 unspecified atom stereocenters. The van der Waals surface area contributed by atoms with Gasteiger partial charge in [-0.3, -0.25) is 0 Å². The van der Waals surface area contributed by atoms with Crippen molar-refractivity contribution in [3.63, 3.8) is 0 Å². The van der Waals surface area contributed by atoms with E-state index in [4.69, 9.17) is 14.6 Å². The van der Waals surface area contributed by atoms with Gasteiger partial charge in [0, 0.05) is 6.08 Å². The topological polar surface area (TPSA) is 55.8 Å². The molecule has 29 heavy (non-hydrogen) atoms. The first-order valence-corrected chi connectivity index (χ1v) is 10.5. The highest BCUT2D eigenvalue weighted by molar-refractivity contribution is 5.82. The van der Waals surface area contributed by atoms with Crippen LogP contribution >= 0.6 is 0 Å². The Morgan fingerprint density at radius 3 is 2.55 bits per heavy atom. The minimum atomic E-state index is -0.325. The zero-order valence-corrected chi connectivity index (χ0v) is 17.1. The quantitative estimate of drug-likeness (QED) is 0.482. The van der Waals surface area contributed by atoms with Gasteiger partial charge < -0.3 is 14.6 Å². The second-order valence-corrected chi connectivity index (χ2v) is 7.46. The van der Waals surface area contributed by atoms with Crippen LogP contribution in [0.25, 0.3) is 11.1 Å². The van der Waals surface area contributed by atoms with E-state index in [2.05, 4.69) is 18.2 Å². The predicted octanol–water partition coefficient (Wildman–Crippen LogP) is 5.39. The van der Waals surface area contributed by atoms with Crippen LogP contribution in [0.3, 0.4) is 0 Å². The molecule has 3 rings (SSSR count). The van der Waals surface area contributed by atoms with E-state index in [1.54, 1.807) is 13.0 Å². The SMILES string of the molecule is C/C=C/C(=O)OCc1cc(C2CCCCC2)ccc1-c1ccc(OCCO)cc1. The first kappa shape index (κ1) is 21.1. The van der Waals surface area contributed by atoms with Crippen LogP contribution in [0.15, 0.2) is 54.6 Å². The standard InChI is InChI=1S/C25H30O4/c1-2-6-25(27)29-18-22-17-21(19-7-4-3-5-8-19)11-14-24(22)20-9-12-23(13-10-20)28-16-15-26/h2,6,9-14,17,19,26H,3-5,7-8,15-16,18H2,1H3/b6-2+. The van der Waals surface area contributed by atoms with Crippen LogP contribution in [-0.2, 0) is 16.1 Å². The van der Waals surface area contributed by atoms with E-state index in [9.17, 15) is 4.79 Å². The van der Waals surface area contributed by atoms with Gasteiger partial charge in [-0.1, -0.05) is 55.7 Å². The number of hydrogen-bond donors (Lipinski definition) is 1. The Morgan fingerprint density at radius 2 is 1.86 bits per heavy atom. The largest absolute Gasteiger partial charge is 0.491 e. The first-order valence-electron chi connectivity index (χ1n) is 10.5. The number of carbonyl (C=O) groups excluding carboxylic acids is 1. The number of carbonyl (C=O) groups is 1. The molecule has 0 heterocycles. The predicted molar refractivity (Wildman–Crippen MR) is 115 cm³/mol. The summed E-state index contributed by atoms with van der Waals surface area (Å²) in [4.78, 5) is 11.8. The maximum absolute atomic E-state index is 11.8. The monoisotopic (exact) mass is 394 g/mol. The molecule has 4 heteroatoms. The van der Waals surface area contributed by atoms with Crippen molar-refractivity contribution < 1.29 is 19.4 Å². The Kier molecular flexibility index (Phi) is 7.88. The molecule has 0 bridgehead atoms. The normalized spacial score (nSPS) is 14.8. The van der Waals surface area contributed by atoms with Gasteiger partial charge in [-0.15, -0.1) is 0 Å². The van der Waals surface area contributed by atoms with Crippen LogP contribution in [-0.4, -0.2) is 24.3 Å². The maximum atomic E-state index is 11.8. The van der Waals surface area contributed by atoms with E-state index >= 15 is 0 Å². The summed E-state index contributed by atoms with van der Waals surface area (Å²) in [6.45, 7) is 2.33. The molecule has 4 nitrogen and oxygen atoms in total. The van der Waals surface area contributed by atoms with Crippen LogP contribution in [0.5, 0.6) is 5.75 Å². The Labute approximate surface area is 173 Å². The lowest BCUT2D eigenvalue weighted by Gasteiger charge is -2.23. The molecule has 0 spiro atoms. The van der Waals surface area contributed by atoms with Crippen molar-refractivity contribution in [2.24, 2.45) is 0 Å². The molecule has 1 fully saturated rings. The number of rotatable bonds is 8. The van der Waals surface area contributed by atoms with E-state index in [0.717, 1.165) is 22.4 Å². The molecular weight excluding hydrogens is 364 g/mol. The van der Waals surface area contributed by atoms with E-state index in [1.807, 2.05) is 24.3 Å². The van der Waals surface area contributed by atoms with Crippen LogP contribution in [0.2, 0.25) is 0 Å². The van der Waals surface area contributed by atoms with Gasteiger partial charge in [-0.05, 0) is 60.1 Å². The fraction of sp³-hybridized carbons (Fsp3) is 0.400. The van der Waals surface area contributed by atoms with Crippen molar-refractivity contribution in [2.75, 3.05) is 13.2 Å². The van der Waals surface area contributed by atoms with Crippen molar-refractivity contribution in [1.82, 2.24) is 0 Å². The molecule has 1 aliphatic rings. The fourth-order valence-electron chi connectivity index (χ4n) is 3.93. The molecular formula is C25H30O4. The Balaban J connectivity index is 1.86. The lowest BCUT2D eigenvalue weighted by Crippen LogP contribution is -2.07. The van der Waals surface area contributed by atoms with E-state index in [0.29, 0.717) is 5.92 Å². The molecule has 0 aliphatic heterocycles. The third-order valence-corrected chi connectivity index (χ3v) is 5.40. The van der Waals surface area contributed by atoms with E-state index in [-0.39, 0.29) is 25.8 Å². The van der Waals surface area contributed by atoms with Gasteiger partial charge in [-0.2, -0.15) is 0 Å². The Bertz CT molecular complexity index is 817. The summed E-state index contributed by atoms with van der Waals surface area (Å²) in [7, 11) is 0. The summed E-state index contributed by atoms with van der Waals surface area (Å²) in [5, 5.41) is 8.90. The van der Waals surface area contributed by atoms with Crippen molar-refractivity contribution in [2.45, 2.75) is 51.6 Å². The summed E-state index contributed by atoms with van der Waals surface area (Å²) in [5.74, 6) is 0.994. The molecule has 1 N–H and O–H groups in total. The van der Waals surface area contributed by atoms with Gasteiger partial charge in [-0.25, -0.2) is 4.79 Å². The van der Waals surface area contributed by atoms with Crippen LogP contribution in [0.1, 0.15) is 56.1 Å². The number of benzene rings is 2. The zero-order valence-electron chi connectivity index (χ0n) is 17.1. The molecule has 0 atom stereocenters. The van der Waals surface area contributed by atoms with Crippen LogP contribution in [0, 0.1) is 0 Å². The molecule has 2 aromatic rings. The first-order chi connectivity index (χ1) is 14.2. The smallest absolute Gasteiger partial charge is 0.330 e. The minimum Gasteiger partial charge on any atom is -0.491 e. The maximum Gasteiger partial charge on any atom is 0.330 e. The Hall–Kier alpha value is -2.59. The summed E-state index contributed by atoms with van der Waals surface area (Å²) >= 11 is 0. The lowest BCUT2D eigenvalue weighted by molar-refractivity contribution is -0.139. The second kappa shape index (κ2) is 10.8. The third kappa shape index (κ3) is 5.94. The molecule has 1 aliphatic carbocycles. The van der Waals surface area contributed by atoms with E-state index < -0.39 is 0 Å². The third-order valence-electron chi connectivity index (χ3n) is 5.40. The summed E-state index contributed by atoms with van der Waals surface area (Å²) in [6, 6.07) is 14.4. The highest BCUT2D eigenvalue weighted by Gasteiger charge is 2.17. The number of esters is 1. The molecule has 0 saturated heterocycles. The molecule has 0 aromatic heterocycles. The lowest BCUT2D eigenvalue weighted by atomic mass is 9.82. The Morgan fingerprint density at radius 1 is 1.10 bits per heavy atom. The summed E-state index contributed by atoms with van der Waals surface area (Å²) in [6.07, 6.45) is 9.49. The van der Waals surface area contributed by atoms with Gasteiger partial charge >= 0.3 is 5.97 Å². The molecule has 0 radical (unpaired) electrons. The number of hydrogen-bond acceptors (Lipinski definition) is 4. The van der Waals surface area contributed by atoms with Gasteiger partial charge in [0.1, 0.15) is 19.0 Å². The molecule has 1 saturated carbocycles. The van der Waals surface area contributed by atoms with Gasteiger partial charge in [0.25, 0.3) is 0 Å². The van der Waals surface area contributed by atoms with Crippen molar-refractivity contribution in [3.8, 4) is 16.9 Å². The second-order valence-electron chi connectivity index (χ2n) is 7.46. The highest BCUT2D eigenvalue weighted by Crippen LogP contribution is 2.35. The average molecular weight is 395 g/mol. The van der Waals surface area contributed by atoms with Gasteiger partial charge in [0.05, 0.1) is 6.61 Å². The van der Waals surface area contributed by atoms with Crippen LogP contribution in [0.4, 0.5) is 0 Å². The summed E-state index contributed by atoms with van der Waals surface area (Å²) in [5.41, 5.74) is 4.48. The number of ether oxygens (including phenoxy) is 2. The number of aliphatic hydroxyl groups excluding tert-OH is 1. The minimum absolute atomic E-state index is 0.00784. The van der Waals surface area contributed by atoms with Crippen molar-refractivity contribution in [1.29, 1.82) is 0 Å². The fourth-order valence-corrected chi connectivity index (χ4v) is 3.93. The number of aliphatic hydroxyl groups is 1. The molecule has 154 valence electrons. The summed E-state index contributed by atoms with van der Waals surface area (Å²) < 4.78 is 10.9. The molecule has 2 aromatic carbocycles. The zero-order chi connectivity index (χ0) is 20.5. The van der Waals surface area contributed by atoms with Crippen molar-refractivity contribution >= 4 is 5.97 Å². The van der Waals surface area contributed by atoms with E-state index in [1.165, 1.54) is 43.7 Å².